The molecule has 1 aromatic heterocycles. The maximum Gasteiger partial charge on any atom is 0.335 e. The van der Waals surface area contributed by atoms with Gasteiger partial charge in [0.15, 0.2) is 0 Å². The minimum Gasteiger partial charge on any atom is -0.497 e. The van der Waals surface area contributed by atoms with Crippen LogP contribution in [0.2, 0.25) is 0 Å². The number of ether oxygens (including phenoxy) is 1. The van der Waals surface area contributed by atoms with Gasteiger partial charge in [-0.2, -0.15) is 0 Å². The second kappa shape index (κ2) is 3.89. The molecule has 0 saturated heterocycles. The molecule has 0 radical (unpaired) electrons. The molecule has 1 aromatic carbocycles. The van der Waals surface area contributed by atoms with Crippen molar-refractivity contribution in [2.75, 3.05) is 7.11 Å². The van der Waals surface area contributed by atoms with Gasteiger partial charge in [-0.15, -0.1) is 0 Å². The number of benzene rings is 1. The first kappa shape index (κ1) is 11.1. The number of H-pyrrole nitrogens is 1. The van der Waals surface area contributed by atoms with Crippen molar-refractivity contribution in [1.82, 2.24) is 4.98 Å². The van der Waals surface area contributed by atoms with Gasteiger partial charge >= 0.3 is 5.69 Å². The van der Waals surface area contributed by atoms with E-state index in [1.165, 1.54) is 20.1 Å². The van der Waals surface area contributed by atoms with Crippen molar-refractivity contribution in [1.29, 1.82) is 0 Å². The highest BCUT2D eigenvalue weighted by Gasteiger charge is 2.19. The standard InChI is InChI=1S/C11H10N2O4/c1-6-10(13(15)16)11(14)8-5-7(17-2)3-4-9(8)12-6/h3-5H,1-2H3,(H,12,14). The van der Waals surface area contributed by atoms with Gasteiger partial charge in [0.25, 0.3) is 5.43 Å². The van der Waals surface area contributed by atoms with Crippen LogP contribution in [-0.4, -0.2) is 17.0 Å². The van der Waals surface area contributed by atoms with Crippen molar-refractivity contribution in [3.8, 4) is 5.75 Å². The fourth-order valence-electron chi connectivity index (χ4n) is 1.73. The summed E-state index contributed by atoms with van der Waals surface area (Å²) in [7, 11) is 1.47. The number of aromatic amines is 1. The van der Waals surface area contributed by atoms with Crippen molar-refractivity contribution in [3.05, 3.63) is 44.2 Å². The fourth-order valence-corrected chi connectivity index (χ4v) is 1.73. The summed E-state index contributed by atoms with van der Waals surface area (Å²) in [6.07, 6.45) is 0. The Morgan fingerprint density at radius 3 is 2.71 bits per heavy atom. The van der Waals surface area contributed by atoms with Crippen LogP contribution in [0, 0.1) is 17.0 Å². The van der Waals surface area contributed by atoms with Crippen LogP contribution in [0.3, 0.4) is 0 Å². The Hall–Kier alpha value is -2.37. The lowest BCUT2D eigenvalue weighted by atomic mass is 10.1. The van der Waals surface area contributed by atoms with Crippen LogP contribution in [-0.2, 0) is 0 Å². The van der Waals surface area contributed by atoms with Crippen LogP contribution in [0.25, 0.3) is 10.9 Å². The molecule has 6 heteroatoms. The molecule has 0 aliphatic carbocycles. The van der Waals surface area contributed by atoms with Gasteiger partial charge in [0.05, 0.1) is 28.6 Å². The Morgan fingerprint density at radius 2 is 2.12 bits per heavy atom. The molecular formula is C11H10N2O4. The fraction of sp³-hybridized carbons (Fsp3) is 0.182. The van der Waals surface area contributed by atoms with Crippen LogP contribution in [0.15, 0.2) is 23.0 Å². The summed E-state index contributed by atoms with van der Waals surface area (Å²) in [6.45, 7) is 1.50. The molecule has 2 aromatic rings. The van der Waals surface area contributed by atoms with Crippen LogP contribution in [0.4, 0.5) is 5.69 Å². The molecule has 2 rings (SSSR count). The van der Waals surface area contributed by atoms with Crippen molar-refractivity contribution in [3.63, 3.8) is 0 Å². The number of nitrogens with zero attached hydrogens (tertiary/aromatic N) is 1. The SMILES string of the molecule is COc1ccc2[nH]c(C)c([N+](=O)[O-])c(=O)c2c1. The van der Waals surface area contributed by atoms with Crippen LogP contribution in [0.5, 0.6) is 5.75 Å². The number of aromatic nitrogens is 1. The van der Waals surface area contributed by atoms with Crippen LogP contribution >= 0.6 is 0 Å². The van der Waals surface area contributed by atoms with E-state index in [1.807, 2.05) is 0 Å². The Labute approximate surface area is 96.0 Å². The van der Waals surface area contributed by atoms with E-state index in [4.69, 9.17) is 4.74 Å². The number of nitrogens with one attached hydrogen (secondary N) is 1. The molecule has 0 bridgehead atoms. The maximum atomic E-state index is 11.9. The van der Waals surface area contributed by atoms with Gasteiger partial charge in [0.1, 0.15) is 5.75 Å². The lowest BCUT2D eigenvalue weighted by Gasteiger charge is -2.04. The molecule has 0 aliphatic rings. The molecule has 0 unspecified atom stereocenters. The number of fused-ring (bicyclic) bond motifs is 1. The zero-order valence-corrected chi connectivity index (χ0v) is 9.31. The predicted octanol–water partition coefficient (Wildman–Crippen LogP) is 1.75. The molecule has 17 heavy (non-hydrogen) atoms. The van der Waals surface area contributed by atoms with Gasteiger partial charge in [-0.25, -0.2) is 0 Å². The summed E-state index contributed by atoms with van der Waals surface area (Å²) in [6, 6.07) is 4.83. The van der Waals surface area contributed by atoms with E-state index >= 15 is 0 Å². The van der Waals surface area contributed by atoms with E-state index in [0.29, 0.717) is 11.3 Å². The molecular weight excluding hydrogens is 224 g/mol. The second-order valence-electron chi connectivity index (χ2n) is 3.60. The smallest absolute Gasteiger partial charge is 0.335 e. The van der Waals surface area contributed by atoms with Crippen LogP contribution < -0.4 is 10.2 Å². The minimum absolute atomic E-state index is 0.248. The third-order valence-electron chi connectivity index (χ3n) is 2.55. The van der Waals surface area contributed by atoms with Crippen molar-refractivity contribution >= 4 is 16.6 Å². The summed E-state index contributed by atoms with van der Waals surface area (Å²) in [5.74, 6) is 0.487. The zero-order valence-electron chi connectivity index (χ0n) is 9.31. The van der Waals surface area contributed by atoms with E-state index in [0.717, 1.165) is 0 Å². The highest BCUT2D eigenvalue weighted by Crippen LogP contribution is 2.20. The van der Waals surface area contributed by atoms with E-state index in [-0.39, 0.29) is 11.1 Å². The first-order chi connectivity index (χ1) is 8.04. The number of pyridine rings is 1. The summed E-state index contributed by atoms with van der Waals surface area (Å²) < 4.78 is 4.99. The number of rotatable bonds is 2. The Morgan fingerprint density at radius 1 is 1.41 bits per heavy atom. The average Bonchev–Trinajstić information content (AvgIpc) is 2.28. The molecule has 6 nitrogen and oxygen atoms in total. The number of nitro groups is 1. The zero-order chi connectivity index (χ0) is 12.6. The highest BCUT2D eigenvalue weighted by atomic mass is 16.6. The first-order valence-electron chi connectivity index (χ1n) is 4.89. The van der Waals surface area contributed by atoms with Gasteiger partial charge in [0, 0.05) is 0 Å². The van der Waals surface area contributed by atoms with Gasteiger partial charge in [-0.3, -0.25) is 14.9 Å². The molecule has 1 N–H and O–H groups in total. The minimum atomic E-state index is -0.674. The van der Waals surface area contributed by atoms with E-state index in [2.05, 4.69) is 4.98 Å². The largest absolute Gasteiger partial charge is 0.497 e. The predicted molar refractivity (Wildman–Crippen MR) is 62.5 cm³/mol. The highest BCUT2D eigenvalue weighted by molar-refractivity contribution is 5.82. The number of hydrogen-bond acceptors (Lipinski definition) is 4. The quantitative estimate of drug-likeness (QED) is 0.633. The lowest BCUT2D eigenvalue weighted by molar-refractivity contribution is -0.386. The maximum absolute atomic E-state index is 11.9. The third-order valence-corrected chi connectivity index (χ3v) is 2.55. The average molecular weight is 234 g/mol. The van der Waals surface area contributed by atoms with Gasteiger partial charge in [-0.1, -0.05) is 0 Å². The van der Waals surface area contributed by atoms with E-state index in [1.54, 1.807) is 12.1 Å². The lowest BCUT2D eigenvalue weighted by Crippen LogP contribution is -2.12. The molecule has 0 amide bonds. The van der Waals surface area contributed by atoms with Crippen molar-refractivity contribution in [2.45, 2.75) is 6.92 Å². The van der Waals surface area contributed by atoms with Gasteiger partial charge < -0.3 is 9.72 Å². The van der Waals surface area contributed by atoms with Crippen molar-refractivity contribution < 1.29 is 9.66 Å². The monoisotopic (exact) mass is 234 g/mol. The summed E-state index contributed by atoms with van der Waals surface area (Å²) >= 11 is 0. The van der Waals surface area contributed by atoms with Crippen molar-refractivity contribution in [2.24, 2.45) is 0 Å². The van der Waals surface area contributed by atoms with E-state index < -0.39 is 16.0 Å². The molecule has 0 aliphatic heterocycles. The summed E-state index contributed by atoms with van der Waals surface area (Å²) in [5, 5.41) is 11.0. The molecule has 0 fully saturated rings. The molecule has 88 valence electrons. The van der Waals surface area contributed by atoms with E-state index in [9.17, 15) is 14.9 Å². The summed E-state index contributed by atoms with van der Waals surface area (Å²) in [5.41, 5.74) is -0.220. The third kappa shape index (κ3) is 1.73. The Balaban J connectivity index is 2.89. The molecule has 1 heterocycles. The summed E-state index contributed by atoms with van der Waals surface area (Å²) in [4.78, 5) is 24.9. The topological polar surface area (TPSA) is 85.2 Å². The second-order valence-corrected chi connectivity index (χ2v) is 3.60. The normalized spacial score (nSPS) is 10.5. The molecule has 0 spiro atoms. The Bertz CT molecular complexity index is 660. The van der Waals surface area contributed by atoms with Crippen LogP contribution in [0.1, 0.15) is 5.69 Å². The first-order valence-corrected chi connectivity index (χ1v) is 4.89. The number of hydrogen-bond donors (Lipinski definition) is 1. The Kier molecular flexibility index (Phi) is 2.55. The molecule has 0 atom stereocenters. The number of methoxy groups -OCH3 is 1. The molecule has 0 saturated carbocycles. The van der Waals surface area contributed by atoms with Gasteiger partial charge in [0.2, 0.25) is 0 Å². The number of aryl methyl sites for hydroxylation is 1. The van der Waals surface area contributed by atoms with Gasteiger partial charge in [-0.05, 0) is 25.1 Å².